The van der Waals surface area contributed by atoms with Crippen molar-refractivity contribution in [2.45, 2.75) is 170 Å². The Morgan fingerprint density at radius 3 is 1.91 bits per heavy atom. The van der Waals surface area contributed by atoms with E-state index in [4.69, 9.17) is 11.1 Å². The molecule has 0 aliphatic carbocycles. The molecule has 4 aliphatic rings. The fourth-order valence-corrected chi connectivity index (χ4v) is 14.5. The number of carbonyl (C=O) groups is 16. The Balaban J connectivity index is 0.0000231. The van der Waals surface area contributed by atoms with E-state index < -0.39 is 217 Å². The monoisotopic (exact) mass is 1870 g/mol. The second-order valence-corrected chi connectivity index (χ2v) is 30.9. The van der Waals surface area contributed by atoms with Crippen molar-refractivity contribution in [3.8, 4) is 11.5 Å². The van der Waals surface area contributed by atoms with Crippen LogP contribution in [0.15, 0.2) is 47.0 Å². The first-order valence-electron chi connectivity index (χ1n) is 41.4. The van der Waals surface area contributed by atoms with Crippen molar-refractivity contribution in [1.29, 1.82) is 5.41 Å². The fraction of sp³-hybridized carbons (Fsp3) is 0.519. The molecule has 2 fully saturated rings. The molecule has 0 spiro atoms. The normalized spacial score (nSPS) is 18.6. The smallest absolute Gasteiger partial charge is 0.341 e. The zero-order chi connectivity index (χ0) is 94.6. The molecule has 710 valence electrons. The number of aliphatic hydroxyl groups excluding tert-OH is 4. The fourth-order valence-electron chi connectivity index (χ4n) is 14.5. The molecular formula is C79H108FFeN23O26. The Labute approximate surface area is 750 Å². The van der Waals surface area contributed by atoms with Gasteiger partial charge in [0.05, 0.1) is 48.6 Å². The number of guanidine groups is 1. The number of carboxylic acids is 1. The van der Waals surface area contributed by atoms with Crippen LogP contribution in [0.25, 0.3) is 28.0 Å². The second-order valence-electron chi connectivity index (χ2n) is 30.9. The van der Waals surface area contributed by atoms with Gasteiger partial charge in [0.2, 0.25) is 89.1 Å². The molecule has 6 heterocycles. The third-order valence-corrected chi connectivity index (χ3v) is 21.4. The second kappa shape index (κ2) is 49.3. The Bertz CT molecular complexity index is 5000. The molecule has 2 aromatic heterocycles. The van der Waals surface area contributed by atoms with E-state index in [-0.39, 0.29) is 227 Å². The molecule has 0 radical (unpaired) electrons. The van der Waals surface area contributed by atoms with E-state index in [0.29, 0.717) is 5.52 Å². The molecule has 130 heavy (non-hydrogen) atoms. The number of aryl methyl sites for hydroxylation is 1. The van der Waals surface area contributed by atoms with Gasteiger partial charge in [0.15, 0.2) is 12.0 Å². The maximum absolute atomic E-state index is 15.6. The van der Waals surface area contributed by atoms with Gasteiger partial charge >= 0.3 is 5.97 Å². The molecule has 0 bridgehead atoms. The number of nitrogens with zero attached hydrogens (tertiary/aromatic N) is 7. The van der Waals surface area contributed by atoms with E-state index in [2.05, 4.69) is 79.1 Å². The summed E-state index contributed by atoms with van der Waals surface area (Å²) >= 11 is 0. The van der Waals surface area contributed by atoms with E-state index in [1.54, 1.807) is 4.90 Å². The third-order valence-electron chi connectivity index (χ3n) is 21.4. The average Bonchev–Trinajstić information content (AvgIpc) is 0.750. The molecule has 4 aliphatic heterocycles. The van der Waals surface area contributed by atoms with Gasteiger partial charge < -0.3 is 125 Å². The number of halogens is 1. The van der Waals surface area contributed by atoms with Crippen molar-refractivity contribution in [3.05, 3.63) is 69.4 Å². The Kier molecular flexibility index (Phi) is 39.3. The molecule has 2 aromatic carbocycles. The summed E-state index contributed by atoms with van der Waals surface area (Å²) in [5.41, 5.74) is 5.07. The predicted molar refractivity (Wildman–Crippen MR) is 447 cm³/mol. The van der Waals surface area contributed by atoms with Crippen molar-refractivity contribution < 1.29 is 149 Å². The number of carbonyl (C=O) groups excluding carboxylic acids is 15. The van der Waals surface area contributed by atoms with Gasteiger partial charge in [0, 0.05) is 145 Å². The number of nitrogens with one attached hydrogen (secondary N) is 15. The number of phenols is 1. The number of amidine groups is 1. The van der Waals surface area contributed by atoms with Crippen LogP contribution in [0.1, 0.15) is 120 Å². The zero-order valence-corrected chi connectivity index (χ0v) is 72.1. The maximum atomic E-state index is 15.6. The minimum atomic E-state index is -2.01. The number of amides is 15. The number of aliphatic hydroxyl groups is 4. The van der Waals surface area contributed by atoms with Gasteiger partial charge in [0.25, 0.3) is 11.7 Å². The summed E-state index contributed by atoms with van der Waals surface area (Å²) in [4.78, 5) is 239. The Morgan fingerprint density at radius 2 is 1.28 bits per heavy atom. The van der Waals surface area contributed by atoms with Gasteiger partial charge in [-0.3, -0.25) is 97.5 Å². The number of hydroxylamine groups is 4. The SMILES string of the molecule is C[C@@H](O)[C@@H]1NC(=O)[C@H](CCCN(O)C=O)NC(=O)[C@@H](NC(=O)[C@H](CCCN(O)C=O)NC(=O)[C@@H](CO)NC(=O)[C@H](CCCNC(=N)N)NC(=O)[C@@H](CO)NC(=O)[C@@H]2CC[NH+]=C3C(NC(=O)CCC(=O)NCCNC(=O)CCC(=O)N4CCN(c5cc6nc7c(cc6cc5F)c(=O)c(C(=O)O)cn7C)CC4)=Cc4cc([O-])c(O)cc4N32)CCCCNC(=O)[C@H]([C@@H](C)O)NC1=O.[Fe]. The minimum absolute atomic E-state index is 0. The number of aromatic carboxylic acids is 1. The molecule has 51 heteroatoms. The molecule has 11 atom stereocenters. The first-order chi connectivity index (χ1) is 61.3. The molecule has 0 saturated carbocycles. The van der Waals surface area contributed by atoms with Crippen LogP contribution in [0.2, 0.25) is 0 Å². The summed E-state index contributed by atoms with van der Waals surface area (Å²) in [6.07, 6.45) is -3.86. The topological polar surface area (TPSA) is 729 Å². The first-order valence-corrected chi connectivity index (χ1v) is 41.4. The number of hydrogen-bond acceptors (Lipinski definition) is 29. The number of anilines is 2. The third kappa shape index (κ3) is 28.8. The molecule has 2 saturated heterocycles. The van der Waals surface area contributed by atoms with Gasteiger partial charge in [-0.25, -0.2) is 29.2 Å². The summed E-state index contributed by atoms with van der Waals surface area (Å²) < 4.78 is 17.0. The van der Waals surface area contributed by atoms with Gasteiger partial charge in [-0.15, -0.1) is 0 Å². The quantitative estimate of drug-likeness (QED) is 0.00287. The summed E-state index contributed by atoms with van der Waals surface area (Å²) in [7, 11) is 1.53. The number of pyridine rings is 2. The Hall–Kier alpha value is -13.3. The molecule has 49 nitrogen and oxygen atoms in total. The summed E-state index contributed by atoms with van der Waals surface area (Å²) in [6.45, 7) is -0.497. The molecule has 25 N–H and O–H groups in total. The van der Waals surface area contributed by atoms with E-state index in [9.17, 15) is 128 Å². The van der Waals surface area contributed by atoms with Crippen molar-refractivity contribution in [1.82, 2.24) is 93.7 Å². The summed E-state index contributed by atoms with van der Waals surface area (Å²) in [6, 6.07) is -9.40. The van der Waals surface area contributed by atoms with Crippen molar-refractivity contribution in [2.75, 3.05) is 95.0 Å². The molecule has 8 rings (SSSR count). The standard InChI is InChI=1S/C79H108FN23O26.Fe/c1-40(108)64-76(124)86-18-5-4-9-47(69(117)91-50(12-8-24-102(129)39-107)72(120)96-65(41(2)109)77(125)97-64)90-70(118)49(11-7-23-101(128)38-106)93-73(121)53(36-104)94-71(119)48(10-6-19-87-79(81)82)92-74(122)54(37-105)95-75(123)55-17-20-85-68-52(31-43-32-58(110)59(111)34-56(43)103(55)68)88-62(114)14-13-60(112)83-21-22-84-61(113)15-16-63(115)100-27-25-99(26-28-100)57-33-51-42(30-46(57)80)29-44-66(116)45(78(126)127)35-98(3)67(44)89-51;/h29-35,38-41,47-50,53-55,64-65,104-105,108-111,128-129H,4-28,36-37H2,1-3H3,(H,83,112)(H,84,113)(H,86,124)(H,88,114)(H,90,118)(H,91,117)(H,92,122)(H,93,121)(H,94,119)(H,95,123)(H,96,120)(H,97,125)(H,126,127)(H4,81,82,87);/t40-,41-,47+,48+,49+,50+,53-,54-,55+,64+,65+;/m1./s1. The van der Waals surface area contributed by atoms with Gasteiger partial charge in [-0.1, -0.05) is 11.8 Å². The van der Waals surface area contributed by atoms with Crippen LogP contribution in [-0.4, -0.2) is 325 Å². The number of nitrogens with two attached hydrogens (primary N) is 1. The van der Waals surface area contributed by atoms with Crippen molar-refractivity contribution >= 4 is 147 Å². The molecule has 4 aromatic rings. The predicted octanol–water partition coefficient (Wildman–Crippen LogP) is -10.2. The molecular weight excluding hydrogens is 1760 g/mol. The van der Waals surface area contributed by atoms with Crippen molar-refractivity contribution in [2.24, 2.45) is 12.8 Å². The number of carboxylic acid groups (broad SMARTS) is 1. The van der Waals surface area contributed by atoms with E-state index >= 15 is 4.39 Å². The zero-order valence-electron chi connectivity index (χ0n) is 71.0. The van der Waals surface area contributed by atoms with Crippen LogP contribution in [0.5, 0.6) is 11.5 Å². The number of piperazine rings is 1. The minimum Gasteiger partial charge on any atom is -0.870 e. The number of benzene rings is 2. The van der Waals surface area contributed by atoms with E-state index in [1.165, 1.54) is 52.6 Å². The number of aromatic hydroxyl groups is 1. The maximum Gasteiger partial charge on any atom is 0.341 e. The Morgan fingerprint density at radius 1 is 0.700 bits per heavy atom. The van der Waals surface area contributed by atoms with E-state index in [0.717, 1.165) is 25.3 Å². The first kappa shape index (κ1) is 104. The number of aromatic nitrogens is 2. The van der Waals surface area contributed by atoms with Crippen molar-refractivity contribution in [3.63, 3.8) is 0 Å². The van der Waals surface area contributed by atoms with E-state index in [1.807, 2.05) is 0 Å². The largest absolute Gasteiger partial charge is 0.870 e. The summed E-state index contributed by atoms with van der Waals surface area (Å²) in [5, 5.41) is 136. The van der Waals surface area contributed by atoms with Crippen LogP contribution in [0.3, 0.4) is 0 Å². The van der Waals surface area contributed by atoms with Crippen LogP contribution in [0, 0.1) is 11.2 Å². The van der Waals surface area contributed by atoms with Crippen LogP contribution in [-0.2, 0) is 96.0 Å². The van der Waals surface area contributed by atoms with Crippen LogP contribution < -0.4 is 100 Å². The molecule has 15 amide bonds. The van der Waals surface area contributed by atoms with Crippen LogP contribution in [0.4, 0.5) is 15.8 Å². The summed E-state index contributed by atoms with van der Waals surface area (Å²) in [5.74, 6) is -16.5. The van der Waals surface area contributed by atoms with Gasteiger partial charge in [0.1, 0.15) is 82.5 Å². The van der Waals surface area contributed by atoms with Crippen LogP contribution >= 0.6 is 0 Å². The number of fused-ring (bicyclic) bond motifs is 5. The molecule has 0 unspecified atom stereocenters. The average molecular weight is 1870 g/mol. The van der Waals surface area contributed by atoms with Gasteiger partial charge in [-0.05, 0) is 95.9 Å². The number of hydrogen-bond donors (Lipinski definition) is 24. The van der Waals surface area contributed by atoms with Gasteiger partial charge in [-0.2, -0.15) is 0 Å². The number of phenolic OH excluding ortho intramolecular Hbond substituents is 1. The number of rotatable bonds is 40.